The quantitative estimate of drug-likeness (QED) is 0.0851. The Hall–Kier alpha value is -7.80. The van der Waals surface area contributed by atoms with Crippen molar-refractivity contribution in [1.29, 1.82) is 0 Å². The maximum absolute atomic E-state index is 14.6. The van der Waals surface area contributed by atoms with Gasteiger partial charge in [0.15, 0.2) is 0 Å². The van der Waals surface area contributed by atoms with Gasteiger partial charge in [0.25, 0.3) is 0 Å². The number of amides is 10. The van der Waals surface area contributed by atoms with E-state index in [1.165, 1.54) is 11.1 Å². The molecule has 9 unspecified atom stereocenters. The van der Waals surface area contributed by atoms with Gasteiger partial charge in [-0.1, -0.05) is 79.7 Å². The average Bonchev–Trinajstić information content (AvgIpc) is 4.33. The van der Waals surface area contributed by atoms with Crippen molar-refractivity contribution in [2.75, 3.05) is 43.9 Å². The number of carbonyl (C=O) groups excluding carboxylic acids is 8. The van der Waals surface area contributed by atoms with Crippen LogP contribution in [0.5, 0.6) is 0 Å². The summed E-state index contributed by atoms with van der Waals surface area (Å²) in [4.78, 5) is 118. The SMILES string of the molecule is CCC(=O)NC1CN(C(=O)Nc2ccc(Cc3ccc(NC(=O)N4CCC5CCC(C(=O)NC6CCCc7ccccc76)N5C(=O)C(NC(=O)C(C)NC)C4)cc3)cc2)CCC2CCC(C(=O)NC3CCCc4ccccc43)N2C1=O. The van der Waals surface area contributed by atoms with Crippen molar-refractivity contribution in [3.63, 3.8) is 0 Å². The first-order chi connectivity index (χ1) is 39.2. The number of urea groups is 2. The second-order valence-corrected chi connectivity index (χ2v) is 22.7. The molecule has 0 radical (unpaired) electrons. The zero-order chi connectivity index (χ0) is 56.7. The molecule has 10 amide bonds. The predicted molar refractivity (Wildman–Crippen MR) is 307 cm³/mol. The molecule has 19 nitrogen and oxygen atoms in total. The number of likely N-dealkylation sites (N-methyl/N-ethyl adjacent to an activating group) is 1. The molecule has 19 heteroatoms. The molecule has 4 aromatic rings. The van der Waals surface area contributed by atoms with Crippen LogP contribution in [0.15, 0.2) is 97.1 Å². The highest BCUT2D eigenvalue weighted by molar-refractivity contribution is 5.97. The van der Waals surface area contributed by atoms with Crippen LogP contribution in [0.3, 0.4) is 0 Å². The highest BCUT2D eigenvalue weighted by Gasteiger charge is 2.48. The second kappa shape index (κ2) is 25.3. The second-order valence-electron chi connectivity index (χ2n) is 22.7. The Morgan fingerprint density at radius 2 is 0.975 bits per heavy atom. The molecule has 9 atom stereocenters. The molecule has 10 rings (SSSR count). The van der Waals surface area contributed by atoms with Crippen LogP contribution >= 0.6 is 0 Å². The minimum atomic E-state index is -1.08. The molecular weight excluding hydrogens is 1030 g/mol. The summed E-state index contributed by atoms with van der Waals surface area (Å²) in [7, 11) is 1.66. The van der Waals surface area contributed by atoms with E-state index in [1.54, 1.807) is 40.5 Å². The molecule has 0 bridgehead atoms. The summed E-state index contributed by atoms with van der Waals surface area (Å²) < 4.78 is 0. The average molecular weight is 1100 g/mol. The third kappa shape index (κ3) is 12.9. The largest absolute Gasteiger partial charge is 0.347 e. The molecule has 0 saturated carbocycles. The standard InChI is InChI=1S/C62H77N11O8/c1-4-55(74)66-51-36-70(33-31-45-27-29-53(72(45)59(51)78)57(76)67-49-17-9-13-41-11-5-7-15-47(41)49)61(80)64-43-23-19-39(20-24-43)35-40-21-25-44(26-22-40)65-62(81)71-34-32-46-28-30-54(73(46)60(79)52(37-71)69-56(75)38(2)63-3)58(77)68-50-18-10-14-42-12-6-8-16-48(42)50/h5-8,11-12,15-16,19-26,38,45-46,49-54,63H,4,9-10,13-14,17-18,27-37H2,1-3H3,(H,64,80)(H,65,81)(H,66,74)(H,67,76)(H,68,77)(H,69,75). The van der Waals surface area contributed by atoms with Gasteiger partial charge in [0.05, 0.1) is 31.2 Å². The number of anilines is 2. The van der Waals surface area contributed by atoms with Gasteiger partial charge in [-0.2, -0.15) is 0 Å². The van der Waals surface area contributed by atoms with Crippen molar-refractivity contribution < 1.29 is 38.4 Å². The van der Waals surface area contributed by atoms with Crippen molar-refractivity contribution >= 4 is 58.9 Å². The number of benzene rings is 4. The fourth-order valence-electron chi connectivity index (χ4n) is 13.0. The number of hydrogen-bond acceptors (Lipinski definition) is 9. The molecule has 4 aromatic carbocycles. The van der Waals surface area contributed by atoms with Crippen molar-refractivity contribution in [2.24, 2.45) is 0 Å². The first-order valence-corrected chi connectivity index (χ1v) is 29.2. The molecule has 81 heavy (non-hydrogen) atoms. The van der Waals surface area contributed by atoms with Gasteiger partial charge in [-0.15, -0.1) is 0 Å². The number of aryl methyl sites for hydroxylation is 2. The van der Waals surface area contributed by atoms with E-state index in [0.29, 0.717) is 69.4 Å². The fraction of sp³-hybridized carbons (Fsp3) is 0.484. The minimum Gasteiger partial charge on any atom is -0.347 e. The van der Waals surface area contributed by atoms with E-state index in [9.17, 15) is 38.4 Å². The zero-order valence-corrected chi connectivity index (χ0v) is 46.7. The number of hydrogen-bond donors (Lipinski definition) is 7. The van der Waals surface area contributed by atoms with Gasteiger partial charge >= 0.3 is 12.1 Å². The van der Waals surface area contributed by atoms with Crippen molar-refractivity contribution in [2.45, 2.75) is 158 Å². The van der Waals surface area contributed by atoms with Crippen LogP contribution in [0.25, 0.3) is 0 Å². The lowest BCUT2D eigenvalue weighted by Gasteiger charge is -2.39. The molecule has 7 N–H and O–H groups in total. The van der Waals surface area contributed by atoms with Gasteiger partial charge in [-0.05, 0) is 155 Å². The van der Waals surface area contributed by atoms with Gasteiger partial charge in [-0.3, -0.25) is 28.8 Å². The summed E-state index contributed by atoms with van der Waals surface area (Å²) in [5.41, 5.74) is 7.75. The van der Waals surface area contributed by atoms with Crippen LogP contribution in [-0.4, -0.2) is 143 Å². The Balaban J connectivity index is 0.735. The smallest absolute Gasteiger partial charge is 0.321 e. The van der Waals surface area contributed by atoms with Crippen LogP contribution in [-0.2, 0) is 48.0 Å². The normalized spacial score (nSPS) is 24.8. The van der Waals surface area contributed by atoms with E-state index in [2.05, 4.69) is 61.5 Å². The van der Waals surface area contributed by atoms with Crippen LogP contribution in [0.1, 0.15) is 130 Å². The number of nitrogens with zero attached hydrogens (tertiary/aromatic N) is 4. The van der Waals surface area contributed by atoms with Crippen LogP contribution in [0.2, 0.25) is 0 Å². The molecule has 4 saturated heterocycles. The van der Waals surface area contributed by atoms with E-state index in [0.717, 1.165) is 60.8 Å². The number of carbonyl (C=O) groups is 8. The summed E-state index contributed by atoms with van der Waals surface area (Å²) in [6.07, 6.45) is 9.35. The molecule has 0 spiro atoms. The highest BCUT2D eigenvalue weighted by atomic mass is 16.2. The molecule has 4 heterocycles. The van der Waals surface area contributed by atoms with Crippen molar-refractivity contribution in [3.05, 3.63) is 130 Å². The Kier molecular flexibility index (Phi) is 17.7. The lowest BCUT2D eigenvalue weighted by atomic mass is 9.87. The number of fused-ring (bicyclic) bond motifs is 4. The minimum absolute atomic E-state index is 0.0525. The van der Waals surface area contributed by atoms with E-state index in [-0.39, 0.29) is 73.2 Å². The topological polar surface area (TPSA) is 234 Å². The van der Waals surface area contributed by atoms with E-state index >= 15 is 0 Å². The van der Waals surface area contributed by atoms with Gasteiger partial charge < -0.3 is 56.8 Å². The zero-order valence-electron chi connectivity index (χ0n) is 46.7. The van der Waals surface area contributed by atoms with Crippen molar-refractivity contribution in [3.8, 4) is 0 Å². The summed E-state index contributed by atoms with van der Waals surface area (Å²) in [6, 6.07) is 25.6. The van der Waals surface area contributed by atoms with E-state index < -0.39 is 48.2 Å². The Morgan fingerprint density at radius 3 is 1.42 bits per heavy atom. The highest BCUT2D eigenvalue weighted by Crippen LogP contribution is 2.35. The molecule has 428 valence electrons. The lowest BCUT2D eigenvalue weighted by Crippen LogP contribution is -2.62. The van der Waals surface area contributed by atoms with Gasteiger partial charge in [-0.25, -0.2) is 9.59 Å². The molecule has 6 aliphatic rings. The van der Waals surface area contributed by atoms with Gasteiger partial charge in [0.2, 0.25) is 35.4 Å². The monoisotopic (exact) mass is 1100 g/mol. The van der Waals surface area contributed by atoms with Crippen LogP contribution in [0, 0.1) is 0 Å². The van der Waals surface area contributed by atoms with E-state index in [4.69, 9.17) is 0 Å². The molecule has 2 aliphatic carbocycles. The van der Waals surface area contributed by atoms with Gasteiger partial charge in [0, 0.05) is 43.0 Å². The van der Waals surface area contributed by atoms with Gasteiger partial charge in [0.1, 0.15) is 24.2 Å². The molecule has 0 aromatic heterocycles. The third-order valence-electron chi connectivity index (χ3n) is 17.5. The Morgan fingerprint density at radius 1 is 0.531 bits per heavy atom. The first kappa shape index (κ1) is 56.5. The Bertz CT molecular complexity index is 2990. The Labute approximate surface area is 474 Å². The van der Waals surface area contributed by atoms with Crippen molar-refractivity contribution in [1.82, 2.24) is 46.2 Å². The summed E-state index contributed by atoms with van der Waals surface area (Å²) in [6.45, 7) is 3.89. The number of nitrogens with one attached hydrogen (secondary N) is 7. The number of rotatable bonds is 13. The fourth-order valence-corrected chi connectivity index (χ4v) is 13.0. The van der Waals surface area contributed by atoms with Crippen LogP contribution < -0.4 is 37.2 Å². The molecule has 4 aliphatic heterocycles. The van der Waals surface area contributed by atoms with E-state index in [1.807, 2.05) is 72.8 Å². The third-order valence-corrected chi connectivity index (χ3v) is 17.5. The maximum atomic E-state index is 14.6. The molecular formula is C62H77N11O8. The maximum Gasteiger partial charge on any atom is 0.321 e. The summed E-state index contributed by atoms with van der Waals surface area (Å²) in [5.74, 6) is -1.84. The first-order valence-electron chi connectivity index (χ1n) is 29.2. The predicted octanol–water partition coefficient (Wildman–Crippen LogP) is 5.85. The lowest BCUT2D eigenvalue weighted by molar-refractivity contribution is -0.145. The van der Waals surface area contributed by atoms with Crippen LogP contribution in [0.4, 0.5) is 21.0 Å². The summed E-state index contributed by atoms with van der Waals surface area (Å²) in [5, 5.41) is 21.2. The summed E-state index contributed by atoms with van der Waals surface area (Å²) >= 11 is 0. The molecule has 4 fully saturated rings.